The van der Waals surface area contributed by atoms with Crippen molar-refractivity contribution in [2.45, 2.75) is 39.4 Å². The van der Waals surface area contributed by atoms with E-state index in [2.05, 4.69) is 26.6 Å². The van der Waals surface area contributed by atoms with Crippen molar-refractivity contribution in [2.75, 3.05) is 0 Å². The maximum atomic E-state index is 12.2. The van der Waals surface area contributed by atoms with Gasteiger partial charge in [0.15, 0.2) is 0 Å². The minimum atomic E-state index is -1.68. The summed E-state index contributed by atoms with van der Waals surface area (Å²) in [5, 5.41) is 0. The number of fused-ring (bicyclic) bond motifs is 1. The molecule has 0 bridgehead atoms. The second-order valence-electron chi connectivity index (χ2n) is 7.40. The molecule has 0 aliphatic heterocycles. The number of esters is 1. The molecule has 3 rings (SSSR count). The molecule has 0 radical (unpaired) electrons. The Morgan fingerprint density at radius 1 is 1.00 bits per heavy atom. The summed E-state index contributed by atoms with van der Waals surface area (Å²) < 4.78 is 11.9. The summed E-state index contributed by atoms with van der Waals surface area (Å²) in [6.07, 6.45) is 1.92. The van der Waals surface area contributed by atoms with Crippen molar-refractivity contribution in [3.05, 3.63) is 70.8 Å². The first-order valence-electron chi connectivity index (χ1n) is 8.63. The summed E-state index contributed by atoms with van der Waals surface area (Å²) in [5.74, 6) is 1.27. The molecule has 1 aliphatic carbocycles. The van der Waals surface area contributed by atoms with Crippen LogP contribution in [0.3, 0.4) is 0 Å². The predicted molar refractivity (Wildman–Crippen MR) is 103 cm³/mol. The second-order valence-corrected chi connectivity index (χ2v) is 11.8. The van der Waals surface area contributed by atoms with Gasteiger partial charge in [-0.2, -0.15) is 0 Å². The van der Waals surface area contributed by atoms with Gasteiger partial charge in [0.1, 0.15) is 11.5 Å². The van der Waals surface area contributed by atoms with E-state index in [1.165, 1.54) is 11.1 Å². The van der Waals surface area contributed by atoms with Crippen molar-refractivity contribution in [2.24, 2.45) is 0 Å². The van der Waals surface area contributed by atoms with Crippen LogP contribution in [0.2, 0.25) is 19.6 Å². The highest BCUT2D eigenvalue weighted by Crippen LogP contribution is 2.35. The summed E-state index contributed by atoms with van der Waals surface area (Å²) in [6, 6.07) is 14.9. The van der Waals surface area contributed by atoms with Crippen molar-refractivity contribution in [1.82, 2.24) is 0 Å². The predicted octanol–water partition coefficient (Wildman–Crippen LogP) is 5.43. The molecule has 0 unspecified atom stereocenters. The lowest BCUT2D eigenvalue weighted by Gasteiger charge is -2.28. The molecule has 0 atom stereocenters. The molecule has 2 aromatic rings. The Morgan fingerprint density at radius 3 is 2.40 bits per heavy atom. The van der Waals surface area contributed by atoms with Gasteiger partial charge in [-0.1, -0.05) is 18.2 Å². The first kappa shape index (κ1) is 17.5. The van der Waals surface area contributed by atoms with Crippen molar-refractivity contribution >= 4 is 20.0 Å². The van der Waals surface area contributed by atoms with E-state index >= 15 is 0 Å². The smallest absolute Gasteiger partial charge is 0.343 e. The van der Waals surface area contributed by atoms with E-state index in [0.717, 1.165) is 24.2 Å². The number of allylic oxidation sites excluding steroid dienone is 1. The van der Waals surface area contributed by atoms with Crippen molar-refractivity contribution in [3.63, 3.8) is 0 Å². The lowest BCUT2D eigenvalue weighted by atomic mass is 9.91. The summed E-state index contributed by atoms with van der Waals surface area (Å²) >= 11 is 0. The van der Waals surface area contributed by atoms with Crippen molar-refractivity contribution in [3.8, 4) is 5.75 Å². The lowest BCUT2D eigenvalue weighted by molar-refractivity contribution is 0.0734. The number of hydrogen-bond donors (Lipinski definition) is 0. The molecule has 0 fully saturated rings. The van der Waals surface area contributed by atoms with Gasteiger partial charge >= 0.3 is 5.97 Å². The van der Waals surface area contributed by atoms with E-state index in [-0.39, 0.29) is 5.97 Å². The Balaban J connectivity index is 1.85. The number of hydrogen-bond acceptors (Lipinski definition) is 3. The number of rotatable bonds is 4. The maximum absolute atomic E-state index is 12.2. The second kappa shape index (κ2) is 6.88. The quantitative estimate of drug-likeness (QED) is 0.418. The van der Waals surface area contributed by atoms with Gasteiger partial charge < -0.3 is 9.16 Å². The van der Waals surface area contributed by atoms with Crippen molar-refractivity contribution in [1.29, 1.82) is 0 Å². The molecule has 0 aromatic heterocycles. The van der Waals surface area contributed by atoms with Gasteiger partial charge in [-0.3, -0.25) is 0 Å². The minimum Gasteiger partial charge on any atom is -0.544 e. The fourth-order valence-electron chi connectivity index (χ4n) is 2.92. The lowest BCUT2D eigenvalue weighted by Crippen LogP contribution is -2.26. The van der Waals surface area contributed by atoms with Gasteiger partial charge in [-0.25, -0.2) is 4.79 Å². The Bertz CT molecular complexity index is 817. The summed E-state index contributed by atoms with van der Waals surface area (Å²) in [4.78, 5) is 12.2. The standard InChI is InChI=1S/C21H24O3Si/c1-15-10-11-17-14-18(23-21(22)16-8-6-5-7-9-16)12-13-19(17)20(15)24-25(2,3)4/h5-9,12-14H,10-11H2,1-4H3. The minimum absolute atomic E-state index is 0.332. The van der Waals surface area contributed by atoms with E-state index in [9.17, 15) is 4.79 Å². The normalized spacial score (nSPS) is 14.1. The zero-order chi connectivity index (χ0) is 18.0. The van der Waals surface area contributed by atoms with Crippen LogP contribution in [0.1, 0.15) is 34.8 Å². The molecule has 130 valence electrons. The average Bonchev–Trinajstić information content (AvgIpc) is 2.57. The van der Waals surface area contributed by atoms with Gasteiger partial charge in [0, 0.05) is 5.56 Å². The monoisotopic (exact) mass is 352 g/mol. The Hall–Kier alpha value is -2.33. The molecule has 0 spiro atoms. The molecule has 25 heavy (non-hydrogen) atoms. The van der Waals surface area contributed by atoms with Crippen LogP contribution in [0.25, 0.3) is 5.76 Å². The molecule has 4 heteroatoms. The molecule has 0 saturated carbocycles. The fraction of sp³-hybridized carbons (Fsp3) is 0.286. The van der Waals surface area contributed by atoms with Crippen LogP contribution in [-0.4, -0.2) is 14.3 Å². The van der Waals surface area contributed by atoms with E-state index in [1.54, 1.807) is 12.1 Å². The van der Waals surface area contributed by atoms with E-state index in [1.807, 2.05) is 36.4 Å². The molecule has 1 aliphatic rings. The maximum Gasteiger partial charge on any atom is 0.343 e. The van der Waals surface area contributed by atoms with Crippen LogP contribution in [0.5, 0.6) is 5.75 Å². The number of carbonyl (C=O) groups excluding carboxylic acids is 1. The molecule has 0 heterocycles. The molecule has 3 nitrogen and oxygen atoms in total. The van der Waals surface area contributed by atoms with Crippen LogP contribution in [0, 0.1) is 0 Å². The third-order valence-corrected chi connectivity index (χ3v) is 4.92. The van der Waals surface area contributed by atoms with Gasteiger partial charge in [-0.15, -0.1) is 0 Å². The summed E-state index contributed by atoms with van der Waals surface area (Å²) in [7, 11) is -1.68. The van der Waals surface area contributed by atoms with Gasteiger partial charge in [-0.05, 0) is 80.9 Å². The summed E-state index contributed by atoms with van der Waals surface area (Å²) in [5.41, 5.74) is 4.16. The zero-order valence-electron chi connectivity index (χ0n) is 15.3. The topological polar surface area (TPSA) is 35.5 Å². The van der Waals surface area contributed by atoms with Crippen LogP contribution in [0.15, 0.2) is 54.1 Å². The van der Waals surface area contributed by atoms with Gasteiger partial charge in [0.25, 0.3) is 0 Å². The molecule has 2 aromatic carbocycles. The average molecular weight is 353 g/mol. The van der Waals surface area contributed by atoms with E-state index < -0.39 is 8.32 Å². The third-order valence-electron chi connectivity index (χ3n) is 4.11. The van der Waals surface area contributed by atoms with E-state index in [0.29, 0.717) is 11.3 Å². The number of aryl methyl sites for hydroxylation is 1. The van der Waals surface area contributed by atoms with Crippen LogP contribution >= 0.6 is 0 Å². The van der Waals surface area contributed by atoms with E-state index in [4.69, 9.17) is 9.16 Å². The van der Waals surface area contributed by atoms with Crippen LogP contribution < -0.4 is 4.74 Å². The summed E-state index contributed by atoms with van der Waals surface area (Å²) in [6.45, 7) is 8.72. The SMILES string of the molecule is CC1=C(O[Si](C)(C)C)c2ccc(OC(=O)c3ccccc3)cc2CC1. The highest BCUT2D eigenvalue weighted by atomic mass is 28.4. The molecule has 0 N–H and O–H groups in total. The molecular formula is C21H24O3Si. The Morgan fingerprint density at radius 2 is 1.72 bits per heavy atom. The van der Waals surface area contributed by atoms with Gasteiger partial charge in [0.05, 0.1) is 5.56 Å². The Kier molecular flexibility index (Phi) is 4.82. The van der Waals surface area contributed by atoms with Crippen LogP contribution in [0.4, 0.5) is 0 Å². The Labute approximate surface area is 150 Å². The molecular weight excluding hydrogens is 328 g/mol. The third kappa shape index (κ3) is 4.20. The molecule has 0 saturated heterocycles. The zero-order valence-corrected chi connectivity index (χ0v) is 16.3. The highest BCUT2D eigenvalue weighted by molar-refractivity contribution is 6.70. The largest absolute Gasteiger partial charge is 0.544 e. The molecule has 0 amide bonds. The first-order valence-corrected chi connectivity index (χ1v) is 12.0. The fourth-order valence-corrected chi connectivity index (χ4v) is 3.81. The number of ether oxygens (including phenoxy) is 1. The number of carbonyl (C=O) groups is 1. The highest BCUT2D eigenvalue weighted by Gasteiger charge is 2.25. The first-order chi connectivity index (χ1) is 11.8. The van der Waals surface area contributed by atoms with Crippen LogP contribution in [-0.2, 0) is 10.8 Å². The number of benzene rings is 2. The van der Waals surface area contributed by atoms with Crippen molar-refractivity contribution < 1.29 is 14.0 Å². The van der Waals surface area contributed by atoms with Gasteiger partial charge in [0.2, 0.25) is 8.32 Å².